The van der Waals surface area contributed by atoms with Crippen LogP contribution in [0.1, 0.15) is 52.9 Å². The molecule has 1 aliphatic carbocycles. The Labute approximate surface area is 115 Å². The molecule has 1 aliphatic rings. The molecule has 4 unspecified atom stereocenters. The molecule has 0 aromatic rings. The second kappa shape index (κ2) is 7.36. The van der Waals surface area contributed by atoms with Gasteiger partial charge in [-0.25, -0.2) is 4.79 Å². The molecular weight excluding hydrogens is 244 g/mol. The van der Waals surface area contributed by atoms with Gasteiger partial charge in [-0.2, -0.15) is 0 Å². The lowest BCUT2D eigenvalue weighted by Gasteiger charge is -2.23. The van der Waals surface area contributed by atoms with E-state index in [1.165, 1.54) is 0 Å². The number of amides is 2. The Balaban J connectivity index is 2.40. The van der Waals surface area contributed by atoms with Crippen molar-refractivity contribution in [1.29, 1.82) is 0 Å². The number of rotatable bonds is 6. The molecule has 1 fully saturated rings. The lowest BCUT2D eigenvalue weighted by Crippen LogP contribution is -2.47. The van der Waals surface area contributed by atoms with Gasteiger partial charge < -0.3 is 15.7 Å². The molecule has 0 aromatic heterocycles. The highest BCUT2D eigenvalue weighted by Gasteiger charge is 2.32. The van der Waals surface area contributed by atoms with Crippen LogP contribution in [0.15, 0.2) is 0 Å². The average Bonchev–Trinajstić information content (AvgIpc) is 2.69. The molecule has 0 saturated heterocycles. The van der Waals surface area contributed by atoms with E-state index in [1.54, 1.807) is 0 Å². The highest BCUT2D eigenvalue weighted by atomic mass is 16.4. The number of nitrogens with one attached hydrogen (secondary N) is 2. The summed E-state index contributed by atoms with van der Waals surface area (Å²) in [6, 6.07) is -0.315. The molecule has 4 atom stereocenters. The number of urea groups is 1. The quantitative estimate of drug-likeness (QED) is 0.693. The van der Waals surface area contributed by atoms with Crippen molar-refractivity contribution in [3.63, 3.8) is 0 Å². The van der Waals surface area contributed by atoms with Gasteiger partial charge in [0.1, 0.15) is 0 Å². The van der Waals surface area contributed by atoms with Gasteiger partial charge in [-0.15, -0.1) is 0 Å². The smallest absolute Gasteiger partial charge is 0.315 e. The minimum atomic E-state index is -0.882. The molecular formula is C14H26N2O3. The van der Waals surface area contributed by atoms with Gasteiger partial charge in [0.25, 0.3) is 0 Å². The fourth-order valence-electron chi connectivity index (χ4n) is 2.93. The predicted molar refractivity (Wildman–Crippen MR) is 74.0 cm³/mol. The number of hydrogen-bond donors (Lipinski definition) is 3. The molecule has 2 amide bonds. The molecule has 0 spiro atoms. The van der Waals surface area contributed by atoms with Gasteiger partial charge in [-0.1, -0.05) is 27.2 Å². The van der Waals surface area contributed by atoms with Crippen LogP contribution in [-0.2, 0) is 4.79 Å². The molecule has 0 radical (unpaired) electrons. The summed E-state index contributed by atoms with van der Waals surface area (Å²) in [5.41, 5.74) is 0. The van der Waals surface area contributed by atoms with Gasteiger partial charge in [-0.3, -0.25) is 4.79 Å². The van der Waals surface area contributed by atoms with Crippen molar-refractivity contribution < 1.29 is 14.7 Å². The first kappa shape index (κ1) is 15.8. The highest BCUT2D eigenvalue weighted by Crippen LogP contribution is 2.33. The topological polar surface area (TPSA) is 78.4 Å². The molecule has 19 heavy (non-hydrogen) atoms. The summed E-state index contributed by atoms with van der Waals surface area (Å²) in [5, 5.41) is 14.5. The first-order chi connectivity index (χ1) is 8.97. The van der Waals surface area contributed by atoms with Gasteiger partial charge >= 0.3 is 12.0 Å². The summed E-state index contributed by atoms with van der Waals surface area (Å²) in [6.45, 7) is 6.24. The third-order valence-corrected chi connectivity index (χ3v) is 4.32. The van der Waals surface area contributed by atoms with Crippen LogP contribution in [0.3, 0.4) is 0 Å². The second-order valence-electron chi connectivity index (χ2n) is 5.53. The van der Waals surface area contributed by atoms with Crippen LogP contribution in [0.4, 0.5) is 4.79 Å². The van der Waals surface area contributed by atoms with E-state index in [-0.39, 0.29) is 24.5 Å². The van der Waals surface area contributed by atoms with Gasteiger partial charge in [0, 0.05) is 12.1 Å². The highest BCUT2D eigenvalue weighted by molar-refractivity contribution is 5.76. The minimum Gasteiger partial charge on any atom is -0.481 e. The first-order valence-electron chi connectivity index (χ1n) is 7.26. The number of carboxylic acids is 1. The van der Waals surface area contributed by atoms with Crippen molar-refractivity contribution >= 4 is 12.0 Å². The predicted octanol–water partition coefficient (Wildman–Crippen LogP) is 2.36. The Morgan fingerprint density at radius 1 is 1.32 bits per heavy atom. The van der Waals surface area contributed by atoms with E-state index in [9.17, 15) is 9.59 Å². The maximum Gasteiger partial charge on any atom is 0.315 e. The Bertz CT molecular complexity index is 320. The maximum atomic E-state index is 11.9. The van der Waals surface area contributed by atoms with Crippen LogP contribution in [-0.4, -0.2) is 29.2 Å². The normalized spacial score (nSPS) is 27.8. The summed E-state index contributed by atoms with van der Waals surface area (Å²) in [5.74, 6) is 0.300. The van der Waals surface area contributed by atoms with Crippen molar-refractivity contribution in [1.82, 2.24) is 10.6 Å². The molecule has 5 nitrogen and oxygen atoms in total. The molecule has 3 N–H and O–H groups in total. The number of hydrogen-bond acceptors (Lipinski definition) is 2. The van der Waals surface area contributed by atoms with Crippen LogP contribution in [0, 0.1) is 11.8 Å². The molecule has 5 heteroatoms. The van der Waals surface area contributed by atoms with E-state index >= 15 is 0 Å². The zero-order chi connectivity index (χ0) is 14.4. The molecule has 1 rings (SSSR count). The van der Waals surface area contributed by atoms with Crippen LogP contribution in [0.25, 0.3) is 0 Å². The van der Waals surface area contributed by atoms with Crippen LogP contribution >= 0.6 is 0 Å². The maximum absolute atomic E-state index is 11.9. The van der Waals surface area contributed by atoms with Crippen molar-refractivity contribution in [2.75, 3.05) is 0 Å². The monoisotopic (exact) mass is 270 g/mol. The summed E-state index contributed by atoms with van der Waals surface area (Å²) in [7, 11) is 0. The third kappa shape index (κ3) is 4.73. The molecule has 0 aliphatic heterocycles. The third-order valence-electron chi connectivity index (χ3n) is 4.32. The number of carbonyl (C=O) groups is 2. The summed E-state index contributed by atoms with van der Waals surface area (Å²) in [6.07, 6.45) is 3.93. The molecule has 110 valence electrons. The van der Waals surface area contributed by atoms with Gasteiger partial charge in [0.2, 0.25) is 0 Å². The Hall–Kier alpha value is -1.26. The van der Waals surface area contributed by atoms with Crippen LogP contribution in [0.2, 0.25) is 0 Å². The van der Waals surface area contributed by atoms with E-state index < -0.39 is 5.97 Å². The van der Waals surface area contributed by atoms with Crippen molar-refractivity contribution in [2.45, 2.75) is 65.0 Å². The molecule has 0 aromatic carbocycles. The standard InChI is InChI=1S/C14H26N2O3/c1-4-10-6-7-12(9(10)3)16-14(19)15-11(5-2)8-13(17)18/h9-12H,4-8H2,1-3H3,(H,17,18)(H2,15,16,19). The Morgan fingerprint density at radius 2 is 2.00 bits per heavy atom. The zero-order valence-electron chi connectivity index (χ0n) is 12.1. The van der Waals surface area contributed by atoms with E-state index in [1.807, 2.05) is 6.92 Å². The van der Waals surface area contributed by atoms with E-state index in [0.717, 1.165) is 19.3 Å². The number of carbonyl (C=O) groups excluding carboxylic acids is 1. The zero-order valence-corrected chi connectivity index (χ0v) is 12.1. The van der Waals surface area contributed by atoms with Crippen LogP contribution in [0.5, 0.6) is 0 Å². The summed E-state index contributed by atoms with van der Waals surface area (Å²) >= 11 is 0. The van der Waals surface area contributed by atoms with E-state index in [2.05, 4.69) is 24.5 Å². The number of carboxylic acid groups (broad SMARTS) is 1. The Morgan fingerprint density at radius 3 is 2.47 bits per heavy atom. The van der Waals surface area contributed by atoms with Crippen molar-refractivity contribution in [2.24, 2.45) is 11.8 Å². The summed E-state index contributed by atoms with van der Waals surface area (Å²) in [4.78, 5) is 22.5. The molecule has 1 saturated carbocycles. The molecule has 0 bridgehead atoms. The fourth-order valence-corrected chi connectivity index (χ4v) is 2.93. The van der Waals surface area contributed by atoms with Gasteiger partial charge in [-0.05, 0) is 31.1 Å². The van der Waals surface area contributed by atoms with Crippen LogP contribution < -0.4 is 10.6 Å². The minimum absolute atomic E-state index is 0.0261. The van der Waals surface area contributed by atoms with E-state index in [4.69, 9.17) is 5.11 Å². The largest absolute Gasteiger partial charge is 0.481 e. The van der Waals surface area contributed by atoms with Gasteiger partial charge in [0.05, 0.1) is 6.42 Å². The fraction of sp³-hybridized carbons (Fsp3) is 0.857. The second-order valence-corrected chi connectivity index (χ2v) is 5.53. The number of aliphatic carboxylic acids is 1. The first-order valence-corrected chi connectivity index (χ1v) is 7.26. The van der Waals surface area contributed by atoms with Crippen molar-refractivity contribution in [3.05, 3.63) is 0 Å². The average molecular weight is 270 g/mol. The summed E-state index contributed by atoms with van der Waals surface area (Å²) < 4.78 is 0. The van der Waals surface area contributed by atoms with Crippen molar-refractivity contribution in [3.8, 4) is 0 Å². The molecule has 0 heterocycles. The lowest BCUT2D eigenvalue weighted by molar-refractivity contribution is -0.137. The SMILES string of the molecule is CCC(CC(=O)O)NC(=O)NC1CCC(CC)C1C. The Kier molecular flexibility index (Phi) is 6.12. The van der Waals surface area contributed by atoms with E-state index in [0.29, 0.717) is 18.3 Å². The lowest BCUT2D eigenvalue weighted by atomic mass is 9.93. The van der Waals surface area contributed by atoms with Gasteiger partial charge in [0.15, 0.2) is 0 Å².